The van der Waals surface area contributed by atoms with Gasteiger partial charge in [-0.2, -0.15) is 13.2 Å². The third kappa shape index (κ3) is 1.27. The summed E-state index contributed by atoms with van der Waals surface area (Å²) in [6, 6.07) is 6.42. The summed E-state index contributed by atoms with van der Waals surface area (Å²) in [7, 11) is 0. The molecular formula is C10H8F3N. The van der Waals surface area contributed by atoms with E-state index in [1.165, 1.54) is 13.0 Å². The number of hydrogen-bond acceptors (Lipinski definition) is 0. The third-order valence-corrected chi connectivity index (χ3v) is 2.18. The summed E-state index contributed by atoms with van der Waals surface area (Å²) >= 11 is 0. The van der Waals surface area contributed by atoms with Gasteiger partial charge in [0, 0.05) is 16.6 Å². The van der Waals surface area contributed by atoms with Crippen LogP contribution in [-0.2, 0) is 6.18 Å². The van der Waals surface area contributed by atoms with Crippen LogP contribution in [0.5, 0.6) is 0 Å². The molecule has 0 aliphatic heterocycles. The Kier molecular flexibility index (Phi) is 1.80. The number of fused-ring (bicyclic) bond motifs is 1. The van der Waals surface area contributed by atoms with Gasteiger partial charge in [0.2, 0.25) is 0 Å². The Bertz CT molecular complexity index is 468. The van der Waals surface area contributed by atoms with Gasteiger partial charge >= 0.3 is 6.18 Å². The van der Waals surface area contributed by atoms with Crippen LogP contribution in [-0.4, -0.2) is 4.98 Å². The number of aryl methyl sites for hydroxylation is 1. The lowest BCUT2D eigenvalue weighted by Gasteiger charge is -2.05. The van der Waals surface area contributed by atoms with E-state index in [1.807, 2.05) is 0 Å². The lowest BCUT2D eigenvalue weighted by Crippen LogP contribution is -2.05. The van der Waals surface area contributed by atoms with Crippen molar-refractivity contribution in [2.45, 2.75) is 13.1 Å². The van der Waals surface area contributed by atoms with Crippen LogP contribution in [0.1, 0.15) is 11.3 Å². The van der Waals surface area contributed by atoms with Crippen LogP contribution in [0.4, 0.5) is 13.2 Å². The topological polar surface area (TPSA) is 15.8 Å². The summed E-state index contributed by atoms with van der Waals surface area (Å²) in [6.07, 6.45) is -4.29. The maximum absolute atomic E-state index is 12.6. The molecule has 74 valence electrons. The molecule has 0 amide bonds. The van der Waals surface area contributed by atoms with Crippen molar-refractivity contribution in [3.63, 3.8) is 0 Å². The Morgan fingerprint density at radius 2 is 1.79 bits per heavy atom. The average molecular weight is 199 g/mol. The van der Waals surface area contributed by atoms with E-state index in [4.69, 9.17) is 0 Å². The van der Waals surface area contributed by atoms with Gasteiger partial charge in [-0.3, -0.25) is 0 Å². The van der Waals surface area contributed by atoms with E-state index in [0.29, 0.717) is 5.52 Å². The lowest BCUT2D eigenvalue weighted by atomic mass is 10.1. The minimum atomic E-state index is -4.29. The molecule has 0 radical (unpaired) electrons. The first kappa shape index (κ1) is 9.12. The SMILES string of the molecule is Cc1[nH]c2ccccc2c1C(F)(F)F. The molecule has 0 aliphatic carbocycles. The van der Waals surface area contributed by atoms with Crippen molar-refractivity contribution in [2.75, 3.05) is 0 Å². The number of alkyl halides is 3. The Morgan fingerprint density at radius 3 is 2.43 bits per heavy atom. The van der Waals surface area contributed by atoms with E-state index in [1.54, 1.807) is 18.2 Å². The molecule has 1 aromatic carbocycles. The number of para-hydroxylation sites is 1. The van der Waals surface area contributed by atoms with Gasteiger partial charge in [0.15, 0.2) is 0 Å². The van der Waals surface area contributed by atoms with Gasteiger partial charge in [0.1, 0.15) is 0 Å². The Balaban J connectivity index is 2.81. The number of halogens is 3. The predicted molar refractivity (Wildman–Crippen MR) is 48.0 cm³/mol. The molecule has 1 aromatic heterocycles. The molecule has 0 unspecified atom stereocenters. The Hall–Kier alpha value is -1.45. The molecule has 0 bridgehead atoms. The van der Waals surface area contributed by atoms with Gasteiger partial charge in [-0.05, 0) is 13.0 Å². The second-order valence-corrected chi connectivity index (χ2v) is 3.17. The molecule has 2 aromatic rings. The summed E-state index contributed by atoms with van der Waals surface area (Å²) in [5, 5.41) is 0.234. The molecule has 0 fully saturated rings. The Labute approximate surface area is 78.5 Å². The van der Waals surface area contributed by atoms with Crippen LogP contribution < -0.4 is 0 Å². The zero-order valence-corrected chi connectivity index (χ0v) is 7.44. The molecule has 0 aliphatic rings. The van der Waals surface area contributed by atoms with E-state index in [0.717, 1.165) is 0 Å². The van der Waals surface area contributed by atoms with E-state index in [2.05, 4.69) is 4.98 Å². The summed E-state index contributed by atoms with van der Waals surface area (Å²) in [6.45, 7) is 1.43. The van der Waals surface area contributed by atoms with Crippen LogP contribution in [0.25, 0.3) is 10.9 Å². The minimum Gasteiger partial charge on any atom is -0.358 e. The van der Waals surface area contributed by atoms with Crippen molar-refractivity contribution in [3.05, 3.63) is 35.5 Å². The van der Waals surface area contributed by atoms with Crippen LogP contribution in [0, 0.1) is 6.92 Å². The van der Waals surface area contributed by atoms with Gasteiger partial charge in [-0.1, -0.05) is 18.2 Å². The maximum atomic E-state index is 12.6. The van der Waals surface area contributed by atoms with Crippen LogP contribution in [0.15, 0.2) is 24.3 Å². The first-order valence-corrected chi connectivity index (χ1v) is 4.14. The van der Waals surface area contributed by atoms with Gasteiger partial charge in [-0.15, -0.1) is 0 Å². The zero-order chi connectivity index (χ0) is 10.3. The Morgan fingerprint density at radius 1 is 1.14 bits per heavy atom. The minimum absolute atomic E-state index is 0.165. The number of hydrogen-bond donors (Lipinski definition) is 1. The number of benzene rings is 1. The fourth-order valence-corrected chi connectivity index (χ4v) is 1.64. The molecule has 0 atom stereocenters. The number of aromatic nitrogens is 1. The zero-order valence-electron chi connectivity index (χ0n) is 7.44. The number of rotatable bonds is 0. The smallest absolute Gasteiger partial charge is 0.358 e. The van der Waals surface area contributed by atoms with E-state index in [-0.39, 0.29) is 11.1 Å². The molecular weight excluding hydrogens is 191 g/mol. The number of aromatic amines is 1. The second kappa shape index (κ2) is 2.77. The third-order valence-electron chi connectivity index (χ3n) is 2.18. The van der Waals surface area contributed by atoms with E-state index in [9.17, 15) is 13.2 Å². The van der Waals surface area contributed by atoms with Crippen LogP contribution in [0.2, 0.25) is 0 Å². The van der Waals surface area contributed by atoms with Crippen molar-refractivity contribution in [3.8, 4) is 0 Å². The largest absolute Gasteiger partial charge is 0.418 e. The van der Waals surface area contributed by atoms with Gasteiger partial charge in [0.25, 0.3) is 0 Å². The quantitative estimate of drug-likeness (QED) is 0.668. The normalized spacial score (nSPS) is 12.3. The molecule has 14 heavy (non-hydrogen) atoms. The van der Waals surface area contributed by atoms with Gasteiger partial charge < -0.3 is 4.98 Å². The molecule has 1 N–H and O–H groups in total. The maximum Gasteiger partial charge on any atom is 0.418 e. The van der Waals surface area contributed by atoms with Crippen molar-refractivity contribution < 1.29 is 13.2 Å². The monoisotopic (exact) mass is 199 g/mol. The summed E-state index contributed by atoms with van der Waals surface area (Å²) in [4.78, 5) is 2.71. The van der Waals surface area contributed by atoms with Crippen LogP contribution >= 0.6 is 0 Å². The molecule has 0 saturated carbocycles. The molecule has 4 heteroatoms. The first-order valence-electron chi connectivity index (χ1n) is 4.14. The lowest BCUT2D eigenvalue weighted by molar-refractivity contribution is -0.136. The molecule has 0 saturated heterocycles. The summed E-state index contributed by atoms with van der Waals surface area (Å²) < 4.78 is 37.8. The van der Waals surface area contributed by atoms with E-state index >= 15 is 0 Å². The highest BCUT2D eigenvalue weighted by Gasteiger charge is 2.35. The summed E-state index contributed by atoms with van der Waals surface area (Å²) in [5.74, 6) is 0. The van der Waals surface area contributed by atoms with Crippen LogP contribution in [0.3, 0.4) is 0 Å². The average Bonchev–Trinajstić information content (AvgIpc) is 2.38. The highest BCUT2D eigenvalue weighted by molar-refractivity contribution is 5.85. The van der Waals surface area contributed by atoms with Crippen molar-refractivity contribution in [1.82, 2.24) is 4.98 Å². The molecule has 1 heterocycles. The summed E-state index contributed by atoms with van der Waals surface area (Å²) in [5.41, 5.74) is 0.129. The van der Waals surface area contributed by atoms with Gasteiger partial charge in [-0.25, -0.2) is 0 Å². The van der Waals surface area contributed by atoms with Crippen molar-refractivity contribution in [1.29, 1.82) is 0 Å². The number of H-pyrrole nitrogens is 1. The molecule has 0 spiro atoms. The predicted octanol–water partition coefficient (Wildman–Crippen LogP) is 3.50. The van der Waals surface area contributed by atoms with Crippen molar-refractivity contribution >= 4 is 10.9 Å². The first-order chi connectivity index (χ1) is 6.50. The highest BCUT2D eigenvalue weighted by Crippen LogP contribution is 2.37. The fourth-order valence-electron chi connectivity index (χ4n) is 1.64. The fraction of sp³-hybridized carbons (Fsp3) is 0.200. The highest BCUT2D eigenvalue weighted by atomic mass is 19.4. The molecule has 1 nitrogen and oxygen atoms in total. The second-order valence-electron chi connectivity index (χ2n) is 3.17. The standard InChI is InChI=1S/C10H8F3N/c1-6-9(10(11,12)13)7-4-2-3-5-8(7)14-6/h2-5,14H,1H3. The van der Waals surface area contributed by atoms with Crippen molar-refractivity contribution in [2.24, 2.45) is 0 Å². The van der Waals surface area contributed by atoms with Gasteiger partial charge in [0.05, 0.1) is 5.56 Å². The number of nitrogens with one attached hydrogen (secondary N) is 1. The van der Waals surface area contributed by atoms with E-state index < -0.39 is 11.7 Å². The molecule has 2 rings (SSSR count).